The van der Waals surface area contributed by atoms with Crippen molar-refractivity contribution < 1.29 is 14.1 Å². The van der Waals surface area contributed by atoms with Crippen molar-refractivity contribution >= 4 is 11.8 Å². The van der Waals surface area contributed by atoms with E-state index in [1.54, 1.807) is 6.07 Å². The predicted molar refractivity (Wildman–Crippen MR) is 103 cm³/mol. The molecular weight excluding hydrogens is 354 g/mol. The molecule has 2 aromatic rings. The molecule has 1 saturated carbocycles. The smallest absolute Gasteiger partial charge is 0.276 e. The number of nitrogens with zero attached hydrogens (tertiary/aromatic N) is 3. The van der Waals surface area contributed by atoms with Crippen molar-refractivity contribution in [3.8, 4) is 0 Å². The molecule has 1 aliphatic carbocycles. The van der Waals surface area contributed by atoms with Gasteiger partial charge >= 0.3 is 0 Å². The summed E-state index contributed by atoms with van der Waals surface area (Å²) in [4.78, 5) is 29.8. The largest absolute Gasteiger partial charge is 0.364 e. The fourth-order valence-electron chi connectivity index (χ4n) is 4.90. The lowest BCUT2D eigenvalue weighted by molar-refractivity contribution is -0.142. The molecule has 6 nitrogen and oxygen atoms in total. The minimum Gasteiger partial charge on any atom is -0.364 e. The number of benzene rings is 1. The minimum absolute atomic E-state index is 0.0610. The maximum absolute atomic E-state index is 13.2. The van der Waals surface area contributed by atoms with E-state index in [0.717, 1.165) is 44.2 Å². The van der Waals surface area contributed by atoms with Crippen LogP contribution in [-0.2, 0) is 4.79 Å². The molecule has 0 bridgehead atoms. The minimum atomic E-state index is -0.0617. The third kappa shape index (κ3) is 3.11. The van der Waals surface area contributed by atoms with E-state index in [2.05, 4.69) is 22.2 Å². The Morgan fingerprint density at radius 1 is 1.11 bits per heavy atom. The van der Waals surface area contributed by atoms with Crippen molar-refractivity contribution in [2.24, 2.45) is 5.41 Å². The van der Waals surface area contributed by atoms with Gasteiger partial charge in [-0.05, 0) is 43.1 Å². The average Bonchev–Trinajstić information content (AvgIpc) is 3.43. The Morgan fingerprint density at radius 3 is 2.50 bits per heavy atom. The molecule has 3 aliphatic rings. The van der Waals surface area contributed by atoms with Gasteiger partial charge in [0.05, 0.1) is 5.92 Å². The summed E-state index contributed by atoms with van der Waals surface area (Å²) >= 11 is 0. The first kappa shape index (κ1) is 17.5. The first-order valence-corrected chi connectivity index (χ1v) is 10.2. The van der Waals surface area contributed by atoms with Crippen molar-refractivity contribution in [2.45, 2.75) is 44.1 Å². The van der Waals surface area contributed by atoms with Crippen molar-refractivity contribution in [1.29, 1.82) is 0 Å². The van der Waals surface area contributed by atoms with Gasteiger partial charge in [-0.25, -0.2) is 0 Å². The van der Waals surface area contributed by atoms with Crippen LogP contribution < -0.4 is 0 Å². The summed E-state index contributed by atoms with van der Waals surface area (Å²) < 4.78 is 4.82. The lowest BCUT2D eigenvalue weighted by atomic mass is 9.67. The molecule has 1 aromatic carbocycles. The molecule has 1 spiro atoms. The van der Waals surface area contributed by atoms with Crippen LogP contribution in [0, 0.1) is 5.41 Å². The highest BCUT2D eigenvalue weighted by Crippen LogP contribution is 2.48. The monoisotopic (exact) mass is 379 g/mol. The molecule has 2 aliphatic heterocycles. The van der Waals surface area contributed by atoms with Crippen LogP contribution in [0.25, 0.3) is 0 Å². The molecule has 2 saturated heterocycles. The molecule has 146 valence electrons. The standard InChI is InChI=1S/C22H25N3O3/c26-20-18(16-4-2-1-3-5-16)14-22(15-25(20)17-6-7-17)9-11-24(12-10-22)21(27)19-8-13-28-23-19/h1-5,8,13,17-18H,6-7,9-12,14-15H2. The Kier molecular flexibility index (Phi) is 4.22. The number of likely N-dealkylation sites (tertiary alicyclic amines) is 2. The number of hydrogen-bond donors (Lipinski definition) is 0. The van der Waals surface area contributed by atoms with E-state index in [1.165, 1.54) is 6.26 Å². The normalized spacial score (nSPS) is 24.6. The van der Waals surface area contributed by atoms with Crippen molar-refractivity contribution in [1.82, 2.24) is 15.0 Å². The maximum Gasteiger partial charge on any atom is 0.276 e. The van der Waals surface area contributed by atoms with Gasteiger partial charge in [0, 0.05) is 31.7 Å². The highest BCUT2D eigenvalue weighted by Gasteiger charge is 2.49. The molecule has 1 aromatic heterocycles. The second-order valence-electron chi connectivity index (χ2n) is 8.54. The molecule has 3 heterocycles. The number of piperidine rings is 2. The molecule has 0 radical (unpaired) electrons. The van der Waals surface area contributed by atoms with Crippen molar-refractivity contribution in [2.75, 3.05) is 19.6 Å². The van der Waals surface area contributed by atoms with Crippen molar-refractivity contribution in [3.63, 3.8) is 0 Å². The zero-order chi connectivity index (χ0) is 19.1. The van der Waals surface area contributed by atoms with Crippen LogP contribution in [0.1, 0.15) is 54.1 Å². The van der Waals surface area contributed by atoms with E-state index in [9.17, 15) is 9.59 Å². The lowest BCUT2D eigenvalue weighted by Crippen LogP contribution is -2.55. The van der Waals surface area contributed by atoms with Crippen LogP contribution in [-0.4, -0.2) is 52.4 Å². The Hall–Kier alpha value is -2.63. The molecule has 3 fully saturated rings. The SMILES string of the molecule is O=C(c1ccon1)N1CCC2(CC1)CC(c1ccccc1)C(=O)N(C1CC1)C2. The number of rotatable bonds is 3. The quantitative estimate of drug-likeness (QED) is 0.822. The fraction of sp³-hybridized carbons (Fsp3) is 0.500. The molecule has 28 heavy (non-hydrogen) atoms. The second-order valence-corrected chi connectivity index (χ2v) is 8.54. The van der Waals surface area contributed by atoms with Gasteiger partial charge in [0.2, 0.25) is 5.91 Å². The van der Waals surface area contributed by atoms with E-state index in [-0.39, 0.29) is 17.2 Å². The van der Waals surface area contributed by atoms with E-state index in [0.29, 0.717) is 30.7 Å². The van der Waals surface area contributed by atoms with Crippen LogP contribution in [0.15, 0.2) is 47.2 Å². The zero-order valence-corrected chi connectivity index (χ0v) is 15.9. The van der Waals surface area contributed by atoms with Gasteiger partial charge < -0.3 is 14.3 Å². The molecule has 1 atom stereocenters. The van der Waals surface area contributed by atoms with Gasteiger partial charge in [-0.15, -0.1) is 0 Å². The first-order chi connectivity index (χ1) is 13.7. The number of carbonyl (C=O) groups is 2. The summed E-state index contributed by atoms with van der Waals surface area (Å²) in [7, 11) is 0. The van der Waals surface area contributed by atoms with E-state index in [1.807, 2.05) is 23.1 Å². The second kappa shape index (κ2) is 6.76. The Labute approximate surface area is 164 Å². The van der Waals surface area contributed by atoms with Crippen LogP contribution in [0.3, 0.4) is 0 Å². The van der Waals surface area contributed by atoms with Gasteiger partial charge in [-0.1, -0.05) is 35.5 Å². The van der Waals surface area contributed by atoms with Crippen LogP contribution in [0.5, 0.6) is 0 Å². The zero-order valence-electron chi connectivity index (χ0n) is 15.9. The summed E-state index contributed by atoms with van der Waals surface area (Å²) in [5.41, 5.74) is 1.59. The number of hydrogen-bond acceptors (Lipinski definition) is 4. The molecule has 5 rings (SSSR count). The summed E-state index contributed by atoms with van der Waals surface area (Å²) in [6.45, 7) is 2.26. The first-order valence-electron chi connectivity index (χ1n) is 10.2. The summed E-state index contributed by atoms with van der Waals surface area (Å²) in [5.74, 6) is 0.169. The topological polar surface area (TPSA) is 66.7 Å². The van der Waals surface area contributed by atoms with Crippen molar-refractivity contribution in [3.05, 3.63) is 53.9 Å². The van der Waals surface area contributed by atoms with Gasteiger partial charge in [0.25, 0.3) is 5.91 Å². The third-order valence-electron chi connectivity index (χ3n) is 6.68. The van der Waals surface area contributed by atoms with E-state index >= 15 is 0 Å². The van der Waals surface area contributed by atoms with Gasteiger partial charge in [0.1, 0.15) is 6.26 Å². The highest BCUT2D eigenvalue weighted by molar-refractivity contribution is 5.92. The van der Waals surface area contributed by atoms with Gasteiger partial charge in [0.15, 0.2) is 5.69 Å². The summed E-state index contributed by atoms with van der Waals surface area (Å²) in [6.07, 6.45) is 6.42. The fourth-order valence-corrected chi connectivity index (χ4v) is 4.90. The molecule has 1 unspecified atom stereocenters. The van der Waals surface area contributed by atoms with Gasteiger partial charge in [-0.2, -0.15) is 0 Å². The molecular formula is C22H25N3O3. The van der Waals surface area contributed by atoms with Crippen LogP contribution in [0.4, 0.5) is 0 Å². The third-order valence-corrected chi connectivity index (χ3v) is 6.68. The van der Waals surface area contributed by atoms with Crippen LogP contribution >= 0.6 is 0 Å². The number of aromatic nitrogens is 1. The molecule has 6 heteroatoms. The lowest BCUT2D eigenvalue weighted by Gasteiger charge is -2.50. The van der Waals surface area contributed by atoms with Gasteiger partial charge in [-0.3, -0.25) is 9.59 Å². The highest BCUT2D eigenvalue weighted by atomic mass is 16.5. The van der Waals surface area contributed by atoms with Crippen LogP contribution in [0.2, 0.25) is 0 Å². The summed E-state index contributed by atoms with van der Waals surface area (Å²) in [5, 5.41) is 3.78. The summed E-state index contributed by atoms with van der Waals surface area (Å²) in [6, 6.07) is 12.2. The molecule has 0 N–H and O–H groups in total. The number of amides is 2. The molecule has 2 amide bonds. The Bertz CT molecular complexity index is 852. The maximum atomic E-state index is 13.2. The average molecular weight is 379 g/mol. The Balaban J connectivity index is 1.35. The van der Waals surface area contributed by atoms with E-state index < -0.39 is 0 Å². The predicted octanol–water partition coefficient (Wildman–Crippen LogP) is 3.08. The van der Waals surface area contributed by atoms with E-state index in [4.69, 9.17) is 4.52 Å². The Morgan fingerprint density at radius 2 is 1.86 bits per heavy atom. The number of carbonyl (C=O) groups excluding carboxylic acids is 2.